The zero-order valence-electron chi connectivity index (χ0n) is 11.1. The summed E-state index contributed by atoms with van der Waals surface area (Å²) in [5.41, 5.74) is 6.78. The predicted octanol–water partition coefficient (Wildman–Crippen LogP) is 4.14. The molecule has 0 saturated heterocycles. The summed E-state index contributed by atoms with van der Waals surface area (Å²) in [7, 11) is 0. The standard InChI is InChI=1S/C15H14F3NO/c1-8(2)20-12-4-9(3-11(19)7-12)10-5-13(16)15(18)14(17)6-10/h3-8H,19H2,1-2H3. The highest BCUT2D eigenvalue weighted by atomic mass is 19.2. The third-order valence-electron chi connectivity index (χ3n) is 2.62. The van der Waals surface area contributed by atoms with Gasteiger partial charge in [-0.2, -0.15) is 0 Å². The molecule has 20 heavy (non-hydrogen) atoms. The lowest BCUT2D eigenvalue weighted by atomic mass is 10.0. The number of nitrogen functional groups attached to an aromatic ring is 1. The Morgan fingerprint density at radius 3 is 2.00 bits per heavy atom. The first-order valence-electron chi connectivity index (χ1n) is 6.09. The molecular formula is C15H14F3NO. The third-order valence-corrected chi connectivity index (χ3v) is 2.62. The number of anilines is 1. The Morgan fingerprint density at radius 2 is 1.45 bits per heavy atom. The lowest BCUT2D eigenvalue weighted by Gasteiger charge is -2.12. The maximum absolute atomic E-state index is 13.3. The van der Waals surface area contributed by atoms with Gasteiger partial charge in [-0.15, -0.1) is 0 Å². The molecule has 2 N–H and O–H groups in total. The molecule has 0 spiro atoms. The molecule has 0 amide bonds. The quantitative estimate of drug-likeness (QED) is 0.678. The third kappa shape index (κ3) is 3.04. The fraction of sp³-hybridized carbons (Fsp3) is 0.200. The van der Waals surface area contributed by atoms with E-state index < -0.39 is 17.5 Å². The molecule has 0 aliphatic rings. The van der Waals surface area contributed by atoms with Gasteiger partial charge < -0.3 is 10.5 Å². The minimum Gasteiger partial charge on any atom is -0.491 e. The molecule has 0 aliphatic carbocycles. The van der Waals surface area contributed by atoms with E-state index in [2.05, 4.69) is 0 Å². The summed E-state index contributed by atoms with van der Waals surface area (Å²) in [6.07, 6.45) is -0.0636. The second-order valence-electron chi connectivity index (χ2n) is 4.71. The molecule has 0 unspecified atom stereocenters. The molecule has 0 atom stereocenters. The number of benzene rings is 2. The SMILES string of the molecule is CC(C)Oc1cc(N)cc(-c2cc(F)c(F)c(F)c2)c1. The van der Waals surface area contributed by atoms with Gasteiger partial charge in [-0.1, -0.05) is 0 Å². The van der Waals surface area contributed by atoms with Crippen LogP contribution >= 0.6 is 0 Å². The molecule has 106 valence electrons. The molecule has 0 fully saturated rings. The molecule has 0 aliphatic heterocycles. The topological polar surface area (TPSA) is 35.2 Å². The second kappa shape index (κ2) is 5.45. The van der Waals surface area contributed by atoms with Crippen molar-refractivity contribution in [2.45, 2.75) is 20.0 Å². The minimum atomic E-state index is -1.49. The summed E-state index contributed by atoms with van der Waals surface area (Å²) in [6.45, 7) is 3.69. The molecule has 0 radical (unpaired) electrons. The number of nitrogens with two attached hydrogens (primary N) is 1. The van der Waals surface area contributed by atoms with Gasteiger partial charge in [0.15, 0.2) is 17.5 Å². The van der Waals surface area contributed by atoms with Crippen molar-refractivity contribution in [1.29, 1.82) is 0 Å². The van der Waals surface area contributed by atoms with Crippen LogP contribution in [0, 0.1) is 17.5 Å². The van der Waals surface area contributed by atoms with Gasteiger partial charge in [0.05, 0.1) is 6.10 Å². The van der Waals surface area contributed by atoms with Crippen LogP contribution in [-0.4, -0.2) is 6.10 Å². The molecule has 2 nitrogen and oxygen atoms in total. The first-order valence-corrected chi connectivity index (χ1v) is 6.09. The van der Waals surface area contributed by atoms with Crippen LogP contribution in [-0.2, 0) is 0 Å². The molecule has 0 bridgehead atoms. The monoisotopic (exact) mass is 281 g/mol. The largest absolute Gasteiger partial charge is 0.491 e. The van der Waals surface area contributed by atoms with E-state index in [4.69, 9.17) is 10.5 Å². The van der Waals surface area contributed by atoms with Gasteiger partial charge in [0.1, 0.15) is 5.75 Å². The highest BCUT2D eigenvalue weighted by Crippen LogP contribution is 2.29. The average molecular weight is 281 g/mol. The van der Waals surface area contributed by atoms with Crippen LogP contribution in [0.1, 0.15) is 13.8 Å². The van der Waals surface area contributed by atoms with E-state index in [0.29, 0.717) is 17.0 Å². The maximum Gasteiger partial charge on any atom is 0.194 e. The average Bonchev–Trinajstić information content (AvgIpc) is 2.33. The number of halogens is 3. The van der Waals surface area contributed by atoms with Gasteiger partial charge in [-0.3, -0.25) is 0 Å². The molecule has 0 heterocycles. The summed E-state index contributed by atoms with van der Waals surface area (Å²) in [5, 5.41) is 0. The van der Waals surface area contributed by atoms with Crippen LogP contribution in [0.4, 0.5) is 18.9 Å². The van der Waals surface area contributed by atoms with Crippen molar-refractivity contribution in [3.8, 4) is 16.9 Å². The van der Waals surface area contributed by atoms with E-state index in [1.165, 1.54) is 0 Å². The lowest BCUT2D eigenvalue weighted by molar-refractivity contribution is 0.242. The van der Waals surface area contributed by atoms with E-state index in [0.717, 1.165) is 12.1 Å². The number of rotatable bonds is 3. The van der Waals surface area contributed by atoms with Crippen molar-refractivity contribution >= 4 is 5.69 Å². The smallest absolute Gasteiger partial charge is 0.194 e. The normalized spacial score (nSPS) is 10.9. The number of hydrogen-bond acceptors (Lipinski definition) is 2. The van der Waals surface area contributed by atoms with Gasteiger partial charge in [0.2, 0.25) is 0 Å². The Kier molecular flexibility index (Phi) is 3.88. The highest BCUT2D eigenvalue weighted by Gasteiger charge is 2.12. The summed E-state index contributed by atoms with van der Waals surface area (Å²) < 4.78 is 45.0. The van der Waals surface area contributed by atoms with Crippen LogP contribution in [0.2, 0.25) is 0 Å². The lowest BCUT2D eigenvalue weighted by Crippen LogP contribution is -2.06. The summed E-state index contributed by atoms with van der Waals surface area (Å²) >= 11 is 0. The van der Waals surface area contributed by atoms with Crippen LogP contribution in [0.15, 0.2) is 30.3 Å². The van der Waals surface area contributed by atoms with E-state index in [-0.39, 0.29) is 11.7 Å². The first kappa shape index (κ1) is 14.2. The van der Waals surface area contributed by atoms with Crippen LogP contribution < -0.4 is 10.5 Å². The summed E-state index contributed by atoms with van der Waals surface area (Å²) in [4.78, 5) is 0. The van der Waals surface area contributed by atoms with Crippen LogP contribution in [0.3, 0.4) is 0 Å². The molecular weight excluding hydrogens is 267 g/mol. The van der Waals surface area contributed by atoms with Crippen LogP contribution in [0.25, 0.3) is 11.1 Å². The Morgan fingerprint density at radius 1 is 0.900 bits per heavy atom. The maximum atomic E-state index is 13.3. The molecule has 2 aromatic carbocycles. The van der Waals surface area contributed by atoms with Crippen molar-refractivity contribution in [2.75, 3.05) is 5.73 Å². The van der Waals surface area contributed by atoms with Crippen LogP contribution in [0.5, 0.6) is 5.75 Å². The van der Waals surface area contributed by atoms with Crippen molar-refractivity contribution in [2.24, 2.45) is 0 Å². The predicted molar refractivity (Wildman–Crippen MR) is 71.9 cm³/mol. The van der Waals surface area contributed by atoms with Crippen molar-refractivity contribution in [3.63, 3.8) is 0 Å². The zero-order chi connectivity index (χ0) is 14.9. The van der Waals surface area contributed by atoms with Crippen molar-refractivity contribution in [1.82, 2.24) is 0 Å². The number of hydrogen-bond donors (Lipinski definition) is 1. The minimum absolute atomic E-state index is 0.0636. The van der Waals surface area contributed by atoms with E-state index in [1.54, 1.807) is 18.2 Å². The van der Waals surface area contributed by atoms with Crippen molar-refractivity contribution < 1.29 is 17.9 Å². The summed E-state index contributed by atoms with van der Waals surface area (Å²) in [5.74, 6) is -3.49. The fourth-order valence-corrected chi connectivity index (χ4v) is 1.85. The summed E-state index contributed by atoms with van der Waals surface area (Å²) in [6, 6.07) is 6.60. The Labute approximate surface area is 115 Å². The first-order chi connectivity index (χ1) is 9.36. The molecule has 5 heteroatoms. The Hall–Kier alpha value is -2.17. The molecule has 2 aromatic rings. The Balaban J connectivity index is 2.49. The molecule has 0 aromatic heterocycles. The van der Waals surface area contributed by atoms with E-state index in [9.17, 15) is 13.2 Å². The highest BCUT2D eigenvalue weighted by molar-refractivity contribution is 5.69. The fourth-order valence-electron chi connectivity index (χ4n) is 1.85. The van der Waals surface area contributed by atoms with Gasteiger partial charge in [0.25, 0.3) is 0 Å². The number of ether oxygens (including phenoxy) is 1. The van der Waals surface area contributed by atoms with Gasteiger partial charge in [-0.05, 0) is 49.2 Å². The van der Waals surface area contributed by atoms with Gasteiger partial charge >= 0.3 is 0 Å². The Bertz CT molecular complexity index is 618. The van der Waals surface area contributed by atoms with Gasteiger partial charge in [0, 0.05) is 11.8 Å². The van der Waals surface area contributed by atoms with Gasteiger partial charge in [-0.25, -0.2) is 13.2 Å². The van der Waals surface area contributed by atoms with E-state index >= 15 is 0 Å². The molecule has 2 rings (SSSR count). The molecule has 0 saturated carbocycles. The van der Waals surface area contributed by atoms with E-state index in [1.807, 2.05) is 13.8 Å². The zero-order valence-corrected chi connectivity index (χ0v) is 11.1. The second-order valence-corrected chi connectivity index (χ2v) is 4.71. The van der Waals surface area contributed by atoms with Crippen molar-refractivity contribution in [3.05, 3.63) is 47.8 Å².